The second-order valence-electron chi connectivity index (χ2n) is 9.57. The highest BCUT2D eigenvalue weighted by atomic mass is 19.1. The van der Waals surface area contributed by atoms with Crippen molar-refractivity contribution in [3.05, 3.63) is 75.3 Å². The number of halogens is 1. The maximum Gasteiger partial charge on any atom is 0.341 e. The van der Waals surface area contributed by atoms with Gasteiger partial charge in [-0.2, -0.15) is 0 Å². The molecule has 0 radical (unpaired) electrons. The van der Waals surface area contributed by atoms with E-state index in [1.807, 2.05) is 10.6 Å². The summed E-state index contributed by atoms with van der Waals surface area (Å²) in [6, 6.07) is 9.83. The van der Waals surface area contributed by atoms with Crippen molar-refractivity contribution in [1.29, 1.82) is 0 Å². The third-order valence-electron chi connectivity index (χ3n) is 6.58. The van der Waals surface area contributed by atoms with Gasteiger partial charge in [0, 0.05) is 47.0 Å². The number of hydrogen-bond acceptors (Lipinski definition) is 3. The minimum absolute atomic E-state index is 0.0484. The standard InChI is InChI=1S/C26H24FNO4/c1-26(2,3)23-11-16-15-8-9-32-24(15)18(14-6-4-5-7-20(14)27)10-17(16)21-12-22(29)19(25(30)31)13-28(21)23/h4-7,10,12-13,23H,8-9,11H2,1-3H3,(H,30,31). The minimum Gasteiger partial charge on any atom is -0.492 e. The maximum atomic E-state index is 14.7. The van der Waals surface area contributed by atoms with Crippen LogP contribution < -0.4 is 10.2 Å². The summed E-state index contributed by atoms with van der Waals surface area (Å²) in [4.78, 5) is 24.3. The number of hydrogen-bond donors (Lipinski definition) is 1. The number of fused-ring (bicyclic) bond motifs is 5. The topological polar surface area (TPSA) is 68.5 Å². The van der Waals surface area contributed by atoms with E-state index < -0.39 is 11.4 Å². The fourth-order valence-corrected chi connectivity index (χ4v) is 4.98. The van der Waals surface area contributed by atoms with Crippen LogP contribution >= 0.6 is 0 Å². The van der Waals surface area contributed by atoms with Crippen LogP contribution in [-0.4, -0.2) is 22.2 Å². The molecule has 0 bridgehead atoms. The molecule has 1 N–H and O–H groups in total. The quantitative estimate of drug-likeness (QED) is 0.611. The van der Waals surface area contributed by atoms with Crippen molar-refractivity contribution < 1.29 is 19.0 Å². The van der Waals surface area contributed by atoms with E-state index in [-0.39, 0.29) is 22.8 Å². The van der Waals surface area contributed by atoms with Crippen LogP contribution in [0.1, 0.15) is 48.3 Å². The van der Waals surface area contributed by atoms with Gasteiger partial charge >= 0.3 is 5.97 Å². The first-order valence-corrected chi connectivity index (χ1v) is 10.7. The number of carboxylic acid groups (broad SMARTS) is 1. The molecule has 0 spiro atoms. The first kappa shape index (κ1) is 20.5. The molecule has 3 aromatic rings. The number of nitrogens with zero attached hydrogens (tertiary/aromatic N) is 1. The Morgan fingerprint density at radius 1 is 1.12 bits per heavy atom. The molecule has 2 aliphatic heterocycles. The van der Waals surface area contributed by atoms with E-state index >= 15 is 0 Å². The van der Waals surface area contributed by atoms with Crippen molar-refractivity contribution in [2.24, 2.45) is 5.41 Å². The Morgan fingerprint density at radius 2 is 1.88 bits per heavy atom. The molecule has 2 aromatic carbocycles. The van der Waals surface area contributed by atoms with Gasteiger partial charge in [-0.25, -0.2) is 9.18 Å². The summed E-state index contributed by atoms with van der Waals surface area (Å²) in [5.74, 6) is -0.871. The first-order valence-electron chi connectivity index (χ1n) is 10.7. The van der Waals surface area contributed by atoms with Crippen molar-refractivity contribution in [3.63, 3.8) is 0 Å². The van der Waals surface area contributed by atoms with E-state index in [9.17, 15) is 19.1 Å². The Bertz CT molecular complexity index is 1330. The SMILES string of the molecule is CC(C)(C)C1Cc2c(cc(-c3ccccc3F)c3c2CCO3)-c2cc(=O)c(C(=O)O)cn21. The molecule has 32 heavy (non-hydrogen) atoms. The molecule has 1 unspecified atom stereocenters. The van der Waals surface area contributed by atoms with Gasteiger partial charge in [0.2, 0.25) is 0 Å². The summed E-state index contributed by atoms with van der Waals surface area (Å²) >= 11 is 0. The molecular formula is C26H24FNO4. The van der Waals surface area contributed by atoms with E-state index in [1.165, 1.54) is 18.3 Å². The van der Waals surface area contributed by atoms with Crippen LogP contribution in [0.2, 0.25) is 0 Å². The lowest BCUT2D eigenvalue weighted by molar-refractivity contribution is 0.0693. The number of aromatic nitrogens is 1. The van der Waals surface area contributed by atoms with Gasteiger partial charge < -0.3 is 14.4 Å². The highest BCUT2D eigenvalue weighted by Crippen LogP contribution is 2.49. The van der Waals surface area contributed by atoms with Gasteiger partial charge in [0.25, 0.3) is 0 Å². The van der Waals surface area contributed by atoms with Crippen molar-refractivity contribution in [3.8, 4) is 28.1 Å². The lowest BCUT2D eigenvalue weighted by atomic mass is 9.76. The van der Waals surface area contributed by atoms with Crippen molar-refractivity contribution in [1.82, 2.24) is 4.57 Å². The monoisotopic (exact) mass is 433 g/mol. The average molecular weight is 433 g/mol. The zero-order chi connectivity index (χ0) is 22.8. The summed E-state index contributed by atoms with van der Waals surface area (Å²) in [5.41, 5.74) is 3.78. The maximum absolute atomic E-state index is 14.7. The predicted octanol–water partition coefficient (Wildman–Crippen LogP) is 5.10. The normalized spacial score (nSPS) is 16.7. The summed E-state index contributed by atoms with van der Waals surface area (Å²) < 4.78 is 22.6. The van der Waals surface area contributed by atoms with Gasteiger partial charge in [-0.05, 0) is 29.5 Å². The summed E-state index contributed by atoms with van der Waals surface area (Å²) in [5, 5.41) is 9.53. The molecule has 5 rings (SSSR count). The second kappa shape index (κ2) is 7.05. The number of carbonyl (C=O) groups is 1. The van der Waals surface area contributed by atoms with Crippen molar-refractivity contribution >= 4 is 5.97 Å². The third kappa shape index (κ3) is 3.05. The Balaban J connectivity index is 1.85. The van der Waals surface area contributed by atoms with Gasteiger partial charge in [-0.3, -0.25) is 4.79 Å². The zero-order valence-corrected chi connectivity index (χ0v) is 18.2. The largest absolute Gasteiger partial charge is 0.492 e. The number of aromatic carboxylic acids is 1. The van der Waals surface area contributed by atoms with Crippen molar-refractivity contribution in [2.45, 2.75) is 39.7 Å². The van der Waals surface area contributed by atoms with E-state index in [1.54, 1.807) is 18.2 Å². The molecule has 6 heteroatoms. The summed E-state index contributed by atoms with van der Waals surface area (Å²) in [6.45, 7) is 6.85. The fourth-order valence-electron chi connectivity index (χ4n) is 4.98. The number of ether oxygens (including phenoxy) is 1. The predicted molar refractivity (Wildman–Crippen MR) is 120 cm³/mol. The van der Waals surface area contributed by atoms with Crippen LogP contribution in [0.4, 0.5) is 4.39 Å². The van der Waals surface area contributed by atoms with Crippen LogP contribution in [0.5, 0.6) is 5.75 Å². The van der Waals surface area contributed by atoms with Crippen LogP contribution in [0.25, 0.3) is 22.4 Å². The van der Waals surface area contributed by atoms with Crippen LogP contribution in [-0.2, 0) is 12.8 Å². The summed E-state index contributed by atoms with van der Waals surface area (Å²) in [6.07, 6.45) is 2.86. The zero-order valence-electron chi connectivity index (χ0n) is 18.2. The van der Waals surface area contributed by atoms with Crippen molar-refractivity contribution in [2.75, 3.05) is 6.61 Å². The molecule has 1 atom stereocenters. The van der Waals surface area contributed by atoms with Crippen LogP contribution in [0.3, 0.4) is 0 Å². The van der Waals surface area contributed by atoms with Gasteiger partial charge in [0.15, 0.2) is 5.43 Å². The van der Waals surface area contributed by atoms with Gasteiger partial charge in [-0.1, -0.05) is 39.0 Å². The van der Waals surface area contributed by atoms with E-state index in [2.05, 4.69) is 20.8 Å². The fraction of sp³-hybridized carbons (Fsp3) is 0.308. The number of benzene rings is 2. The Kier molecular flexibility index (Phi) is 4.52. The molecule has 0 saturated carbocycles. The highest BCUT2D eigenvalue weighted by molar-refractivity contribution is 5.88. The number of carboxylic acids is 1. The van der Waals surface area contributed by atoms with Crippen LogP contribution in [0.15, 0.2) is 47.4 Å². The molecule has 0 saturated heterocycles. The van der Waals surface area contributed by atoms with Gasteiger partial charge in [0.05, 0.1) is 12.3 Å². The Morgan fingerprint density at radius 3 is 2.56 bits per heavy atom. The van der Waals surface area contributed by atoms with E-state index in [0.717, 1.165) is 16.7 Å². The lowest BCUT2D eigenvalue weighted by Crippen LogP contribution is -2.33. The molecule has 1 aromatic heterocycles. The molecule has 3 heterocycles. The van der Waals surface area contributed by atoms with E-state index in [0.29, 0.717) is 42.0 Å². The molecule has 2 aliphatic rings. The molecule has 0 amide bonds. The first-order chi connectivity index (χ1) is 15.2. The number of rotatable bonds is 2. The van der Waals surface area contributed by atoms with E-state index in [4.69, 9.17) is 4.74 Å². The Labute approximate surface area is 185 Å². The molecule has 0 aliphatic carbocycles. The lowest BCUT2D eigenvalue weighted by Gasteiger charge is -2.39. The second-order valence-corrected chi connectivity index (χ2v) is 9.57. The molecular weight excluding hydrogens is 409 g/mol. The molecule has 164 valence electrons. The molecule has 0 fully saturated rings. The van der Waals surface area contributed by atoms with Crippen LogP contribution in [0, 0.1) is 11.2 Å². The minimum atomic E-state index is -1.24. The Hall–Kier alpha value is -3.41. The number of pyridine rings is 1. The summed E-state index contributed by atoms with van der Waals surface area (Å²) in [7, 11) is 0. The molecule has 5 nitrogen and oxygen atoms in total. The highest BCUT2D eigenvalue weighted by Gasteiger charge is 2.37. The van der Waals surface area contributed by atoms with Gasteiger partial charge in [-0.15, -0.1) is 0 Å². The third-order valence-corrected chi connectivity index (χ3v) is 6.58. The smallest absolute Gasteiger partial charge is 0.341 e. The van der Waals surface area contributed by atoms with Gasteiger partial charge in [0.1, 0.15) is 17.1 Å². The average Bonchev–Trinajstić information content (AvgIpc) is 3.22.